The third-order valence-electron chi connectivity index (χ3n) is 5.71. The molecule has 0 unspecified atom stereocenters. The molecule has 4 N–H and O–H groups in total. The van der Waals surface area contributed by atoms with Gasteiger partial charge in [-0.05, 0) is 79.7 Å². The van der Waals surface area contributed by atoms with E-state index in [0.717, 1.165) is 48.9 Å². The third-order valence-corrected chi connectivity index (χ3v) is 5.71. The lowest BCUT2D eigenvalue weighted by Crippen LogP contribution is -2.15. The smallest absolute Gasteiger partial charge is 0.163 e. The van der Waals surface area contributed by atoms with Gasteiger partial charge in [-0.15, -0.1) is 0 Å². The lowest BCUT2D eigenvalue weighted by Gasteiger charge is -2.11. The number of ether oxygens (including phenoxy) is 1. The number of Topliss-reactive ketones (excluding diaryl/α,β-unsaturated/α-hetero) is 1. The van der Waals surface area contributed by atoms with E-state index in [1.165, 1.54) is 13.2 Å². The molecule has 0 amide bonds. The van der Waals surface area contributed by atoms with Gasteiger partial charge in [0.2, 0.25) is 0 Å². The number of pyridine rings is 1. The number of methoxy groups -OCH3 is 1. The number of nitrogen functional groups attached to an aromatic ring is 1. The largest absolute Gasteiger partial charge is 0.504 e. The number of benzene rings is 1. The van der Waals surface area contributed by atoms with E-state index in [1.54, 1.807) is 30.5 Å². The molecule has 0 aliphatic carbocycles. The van der Waals surface area contributed by atoms with Gasteiger partial charge in [-0.25, -0.2) is 4.98 Å². The summed E-state index contributed by atoms with van der Waals surface area (Å²) in [6, 6.07) is 6.87. The van der Waals surface area contributed by atoms with E-state index in [0.29, 0.717) is 30.3 Å². The number of ketones is 2. The summed E-state index contributed by atoms with van der Waals surface area (Å²) >= 11 is 0. The second kappa shape index (κ2) is 14.2. The maximum absolute atomic E-state index is 12.4. The van der Waals surface area contributed by atoms with Crippen LogP contribution in [-0.2, 0) is 16.0 Å². The standard InChI is InChI=1S/C27H37N3O4/c1-19(17-29-2)7-5-4-6-8-23(31)16-24(32)11-10-21-15-26(34-3)25(33)14-22(21)13-20-9-12-27(28)30-18-20/h9-12,14-15,18-19,29,33H,4-8,13,16-17H2,1-3H3,(H2,28,30)/t19-/m1/s1. The lowest BCUT2D eigenvalue weighted by molar-refractivity contribution is -0.124. The maximum atomic E-state index is 12.4. The van der Waals surface area contributed by atoms with Crippen LogP contribution in [-0.4, -0.2) is 42.4 Å². The zero-order chi connectivity index (χ0) is 24.9. The number of phenols is 1. The first-order valence-electron chi connectivity index (χ1n) is 11.8. The number of anilines is 1. The topological polar surface area (TPSA) is 115 Å². The molecule has 2 aromatic rings. The number of aromatic nitrogens is 1. The van der Waals surface area contributed by atoms with Gasteiger partial charge in [0.05, 0.1) is 13.5 Å². The van der Waals surface area contributed by atoms with Crippen molar-refractivity contribution in [2.75, 3.05) is 26.4 Å². The highest BCUT2D eigenvalue weighted by atomic mass is 16.5. The van der Waals surface area contributed by atoms with Crippen molar-refractivity contribution in [1.29, 1.82) is 0 Å². The molecular weight excluding hydrogens is 430 g/mol. The second-order valence-corrected chi connectivity index (χ2v) is 8.77. The van der Waals surface area contributed by atoms with E-state index < -0.39 is 0 Å². The predicted octanol–water partition coefficient (Wildman–Crippen LogP) is 4.32. The summed E-state index contributed by atoms with van der Waals surface area (Å²) in [4.78, 5) is 28.7. The van der Waals surface area contributed by atoms with Crippen molar-refractivity contribution in [3.05, 3.63) is 53.2 Å². The Kier molecular flexibility index (Phi) is 11.3. The van der Waals surface area contributed by atoms with Crippen LogP contribution in [0.15, 0.2) is 36.5 Å². The molecule has 1 heterocycles. The molecule has 0 saturated heterocycles. The average molecular weight is 468 g/mol. The zero-order valence-electron chi connectivity index (χ0n) is 20.5. The fourth-order valence-electron chi connectivity index (χ4n) is 3.83. The number of rotatable bonds is 15. The number of phenolic OH excluding ortho intramolecular Hbond substituents is 1. The van der Waals surface area contributed by atoms with Crippen LogP contribution in [0.3, 0.4) is 0 Å². The number of carbonyl (C=O) groups is 2. The van der Waals surface area contributed by atoms with Gasteiger partial charge in [0.15, 0.2) is 17.3 Å². The Morgan fingerprint density at radius 2 is 2.03 bits per heavy atom. The van der Waals surface area contributed by atoms with Gasteiger partial charge in [0.1, 0.15) is 11.6 Å². The highest BCUT2D eigenvalue weighted by Crippen LogP contribution is 2.31. The van der Waals surface area contributed by atoms with Crippen LogP contribution in [0.4, 0.5) is 5.82 Å². The van der Waals surface area contributed by atoms with Crippen molar-refractivity contribution in [3.8, 4) is 11.5 Å². The van der Waals surface area contributed by atoms with Crippen molar-refractivity contribution in [2.45, 2.75) is 51.9 Å². The number of nitrogens with zero attached hydrogens (tertiary/aromatic N) is 1. The van der Waals surface area contributed by atoms with Gasteiger partial charge in [0, 0.05) is 12.6 Å². The molecule has 0 aliphatic heterocycles. The molecular formula is C27H37N3O4. The number of hydrogen-bond donors (Lipinski definition) is 3. The first-order valence-corrected chi connectivity index (χ1v) is 11.8. The molecule has 0 aliphatic rings. The minimum absolute atomic E-state index is 0.0138. The molecule has 0 spiro atoms. The summed E-state index contributed by atoms with van der Waals surface area (Å²) in [6.45, 7) is 3.22. The number of aromatic hydroxyl groups is 1. The second-order valence-electron chi connectivity index (χ2n) is 8.77. The molecule has 7 heteroatoms. The van der Waals surface area contributed by atoms with Crippen molar-refractivity contribution < 1.29 is 19.4 Å². The number of nitrogens with two attached hydrogens (primary N) is 1. The summed E-state index contributed by atoms with van der Waals surface area (Å²) in [7, 11) is 3.42. The monoisotopic (exact) mass is 467 g/mol. The van der Waals surface area contributed by atoms with E-state index in [2.05, 4.69) is 17.2 Å². The van der Waals surface area contributed by atoms with Gasteiger partial charge in [-0.1, -0.05) is 31.9 Å². The summed E-state index contributed by atoms with van der Waals surface area (Å²) < 4.78 is 5.21. The molecule has 184 valence electrons. The molecule has 1 atom stereocenters. The summed E-state index contributed by atoms with van der Waals surface area (Å²) in [6.07, 6.45) is 9.65. The first-order chi connectivity index (χ1) is 16.3. The van der Waals surface area contributed by atoms with Crippen LogP contribution in [0.2, 0.25) is 0 Å². The average Bonchev–Trinajstić information content (AvgIpc) is 2.80. The number of unbranched alkanes of at least 4 members (excludes halogenated alkanes) is 2. The SMILES string of the molecule is CNC[C@H](C)CCCCCC(=O)CC(=O)C=Cc1cc(OC)c(O)cc1Cc1ccc(N)nc1. The van der Waals surface area contributed by atoms with Crippen LogP contribution in [0.5, 0.6) is 11.5 Å². The summed E-state index contributed by atoms with van der Waals surface area (Å²) in [5.41, 5.74) is 8.09. The van der Waals surface area contributed by atoms with Crippen LogP contribution < -0.4 is 15.8 Å². The number of carbonyl (C=O) groups excluding carboxylic acids is 2. The van der Waals surface area contributed by atoms with Gasteiger partial charge in [-0.3, -0.25) is 9.59 Å². The fourth-order valence-corrected chi connectivity index (χ4v) is 3.83. The molecule has 1 aromatic carbocycles. The molecule has 7 nitrogen and oxygen atoms in total. The quantitative estimate of drug-likeness (QED) is 0.203. The Hall–Kier alpha value is -3.19. The van der Waals surface area contributed by atoms with Crippen LogP contribution in [0.1, 0.15) is 62.1 Å². The predicted molar refractivity (Wildman–Crippen MR) is 136 cm³/mol. The van der Waals surface area contributed by atoms with Gasteiger partial charge >= 0.3 is 0 Å². The number of nitrogens with one attached hydrogen (secondary N) is 1. The van der Waals surface area contributed by atoms with Crippen LogP contribution >= 0.6 is 0 Å². The van der Waals surface area contributed by atoms with Crippen molar-refractivity contribution in [1.82, 2.24) is 10.3 Å². The molecule has 2 rings (SSSR count). The maximum Gasteiger partial charge on any atom is 0.163 e. The van der Waals surface area contributed by atoms with E-state index in [4.69, 9.17) is 10.5 Å². The Balaban J connectivity index is 1.94. The minimum Gasteiger partial charge on any atom is -0.504 e. The molecule has 0 bridgehead atoms. The summed E-state index contributed by atoms with van der Waals surface area (Å²) in [5.74, 6) is 1.12. The molecule has 1 aromatic heterocycles. The molecule has 0 radical (unpaired) electrons. The van der Waals surface area contributed by atoms with Crippen LogP contribution in [0, 0.1) is 5.92 Å². The van der Waals surface area contributed by atoms with Gasteiger partial charge in [0.25, 0.3) is 0 Å². The van der Waals surface area contributed by atoms with E-state index in [1.807, 2.05) is 13.1 Å². The molecule has 34 heavy (non-hydrogen) atoms. The minimum atomic E-state index is -0.236. The van der Waals surface area contributed by atoms with Gasteiger partial charge in [-0.2, -0.15) is 0 Å². The Labute approximate surface area is 202 Å². The first kappa shape index (κ1) is 27.1. The van der Waals surface area contributed by atoms with Gasteiger partial charge < -0.3 is 20.9 Å². The van der Waals surface area contributed by atoms with Crippen molar-refractivity contribution in [2.24, 2.45) is 5.92 Å². The van der Waals surface area contributed by atoms with E-state index in [-0.39, 0.29) is 23.7 Å². The Morgan fingerprint density at radius 1 is 1.24 bits per heavy atom. The Morgan fingerprint density at radius 3 is 2.71 bits per heavy atom. The lowest BCUT2D eigenvalue weighted by atomic mass is 9.98. The van der Waals surface area contributed by atoms with E-state index in [9.17, 15) is 14.7 Å². The van der Waals surface area contributed by atoms with Crippen molar-refractivity contribution >= 4 is 23.5 Å². The van der Waals surface area contributed by atoms with Crippen LogP contribution in [0.25, 0.3) is 6.08 Å². The normalized spacial score (nSPS) is 12.1. The zero-order valence-corrected chi connectivity index (χ0v) is 20.5. The molecule has 0 fully saturated rings. The number of hydrogen-bond acceptors (Lipinski definition) is 7. The molecule has 0 saturated carbocycles. The van der Waals surface area contributed by atoms with E-state index >= 15 is 0 Å². The fraction of sp³-hybridized carbons (Fsp3) is 0.444. The number of allylic oxidation sites excluding steroid dienone is 1. The highest BCUT2D eigenvalue weighted by Gasteiger charge is 2.11. The highest BCUT2D eigenvalue weighted by molar-refractivity contribution is 6.06. The third kappa shape index (κ3) is 9.35. The van der Waals surface area contributed by atoms with Crippen molar-refractivity contribution in [3.63, 3.8) is 0 Å². The Bertz CT molecular complexity index is 971. The summed E-state index contributed by atoms with van der Waals surface area (Å²) in [5, 5.41) is 13.4.